The number of pyridine rings is 1. The Labute approximate surface area is 95.0 Å². The maximum atomic E-state index is 11.8. The fourth-order valence-electron chi connectivity index (χ4n) is 1.83. The summed E-state index contributed by atoms with van der Waals surface area (Å²) in [6.45, 7) is 2.66. The Kier molecular flexibility index (Phi) is 3.51. The first-order valence-corrected chi connectivity index (χ1v) is 5.59. The lowest BCUT2D eigenvalue weighted by atomic mass is 10.1. The van der Waals surface area contributed by atoms with Gasteiger partial charge in [-0.2, -0.15) is 0 Å². The van der Waals surface area contributed by atoms with Gasteiger partial charge in [-0.05, 0) is 37.5 Å². The monoisotopic (exact) mass is 220 g/mol. The van der Waals surface area contributed by atoms with Gasteiger partial charge >= 0.3 is 0 Å². The lowest BCUT2D eigenvalue weighted by Crippen LogP contribution is -2.35. The van der Waals surface area contributed by atoms with Gasteiger partial charge in [0.05, 0.1) is 6.04 Å². The number of carbonyl (C=O) groups is 1. The molecule has 2 atom stereocenters. The molecule has 0 saturated carbocycles. The molecular weight excluding hydrogens is 204 g/mol. The van der Waals surface area contributed by atoms with E-state index >= 15 is 0 Å². The minimum Gasteiger partial charge on any atom is -0.368 e. The van der Waals surface area contributed by atoms with E-state index in [1.165, 1.54) is 0 Å². The Bertz CT molecular complexity index is 347. The molecule has 0 aromatic carbocycles. The van der Waals surface area contributed by atoms with E-state index in [0.29, 0.717) is 6.61 Å². The molecule has 1 N–H and O–H groups in total. The highest BCUT2D eigenvalue weighted by atomic mass is 16.5. The summed E-state index contributed by atoms with van der Waals surface area (Å²) < 4.78 is 5.33. The normalized spacial score (nSPS) is 21.7. The third-order valence-electron chi connectivity index (χ3n) is 2.79. The van der Waals surface area contributed by atoms with Gasteiger partial charge in [0.25, 0.3) is 0 Å². The molecule has 1 aromatic heterocycles. The summed E-state index contributed by atoms with van der Waals surface area (Å²) in [5.41, 5.74) is 1.06. The first-order valence-electron chi connectivity index (χ1n) is 5.59. The Balaban J connectivity index is 1.92. The van der Waals surface area contributed by atoms with E-state index in [1.54, 1.807) is 12.4 Å². The van der Waals surface area contributed by atoms with E-state index in [2.05, 4.69) is 10.3 Å². The van der Waals surface area contributed by atoms with Gasteiger partial charge in [0, 0.05) is 19.0 Å². The first-order chi connectivity index (χ1) is 7.77. The van der Waals surface area contributed by atoms with E-state index in [9.17, 15) is 4.79 Å². The third-order valence-corrected chi connectivity index (χ3v) is 2.79. The molecule has 4 heteroatoms. The molecule has 0 spiro atoms. The summed E-state index contributed by atoms with van der Waals surface area (Å²) in [5, 5.41) is 2.95. The molecule has 16 heavy (non-hydrogen) atoms. The van der Waals surface area contributed by atoms with Gasteiger partial charge in [0.15, 0.2) is 0 Å². The maximum absolute atomic E-state index is 11.8. The summed E-state index contributed by atoms with van der Waals surface area (Å²) in [5.74, 6) is -0.0122. The molecule has 1 saturated heterocycles. The molecule has 0 bridgehead atoms. The van der Waals surface area contributed by atoms with Crippen LogP contribution in [0.5, 0.6) is 0 Å². The van der Waals surface area contributed by atoms with E-state index in [0.717, 1.165) is 18.4 Å². The molecule has 2 heterocycles. The Morgan fingerprint density at radius 1 is 1.56 bits per heavy atom. The van der Waals surface area contributed by atoms with E-state index < -0.39 is 0 Å². The number of amides is 1. The number of hydrogen-bond donors (Lipinski definition) is 1. The number of rotatable bonds is 3. The number of nitrogens with one attached hydrogen (secondary N) is 1. The van der Waals surface area contributed by atoms with Crippen LogP contribution in [0.4, 0.5) is 0 Å². The largest absolute Gasteiger partial charge is 0.368 e. The van der Waals surface area contributed by atoms with Crippen molar-refractivity contribution in [1.82, 2.24) is 10.3 Å². The van der Waals surface area contributed by atoms with Crippen LogP contribution in [0.2, 0.25) is 0 Å². The zero-order valence-electron chi connectivity index (χ0n) is 9.35. The minimum atomic E-state index is -0.260. The summed E-state index contributed by atoms with van der Waals surface area (Å²) in [6.07, 6.45) is 4.99. The third kappa shape index (κ3) is 2.58. The highest BCUT2D eigenvalue weighted by molar-refractivity contribution is 5.81. The van der Waals surface area contributed by atoms with Gasteiger partial charge in [-0.1, -0.05) is 0 Å². The predicted octanol–water partition coefficient (Wildman–Crippen LogP) is 1.44. The van der Waals surface area contributed by atoms with Crippen molar-refractivity contribution in [2.45, 2.75) is 31.9 Å². The topological polar surface area (TPSA) is 51.2 Å². The van der Waals surface area contributed by atoms with Crippen LogP contribution in [-0.2, 0) is 9.53 Å². The molecular formula is C12H16N2O2. The van der Waals surface area contributed by atoms with Crippen molar-refractivity contribution in [3.63, 3.8) is 0 Å². The Hall–Kier alpha value is -1.42. The van der Waals surface area contributed by atoms with Gasteiger partial charge in [-0.15, -0.1) is 0 Å². The lowest BCUT2D eigenvalue weighted by Gasteiger charge is -2.16. The Morgan fingerprint density at radius 3 is 2.94 bits per heavy atom. The van der Waals surface area contributed by atoms with Crippen LogP contribution in [0.3, 0.4) is 0 Å². The SMILES string of the molecule is C[C@@H](NC(=O)[C@@H]1CCCO1)c1ccncc1. The van der Waals surface area contributed by atoms with Crippen LogP contribution < -0.4 is 5.32 Å². The number of aromatic nitrogens is 1. The minimum absolute atomic E-state index is 0.000278. The van der Waals surface area contributed by atoms with Crippen molar-refractivity contribution in [2.75, 3.05) is 6.61 Å². The van der Waals surface area contributed by atoms with Crippen LogP contribution in [0.15, 0.2) is 24.5 Å². The molecule has 1 aromatic rings. The molecule has 1 fully saturated rings. The molecule has 4 nitrogen and oxygen atoms in total. The highest BCUT2D eigenvalue weighted by Gasteiger charge is 2.24. The van der Waals surface area contributed by atoms with Crippen molar-refractivity contribution in [2.24, 2.45) is 0 Å². The van der Waals surface area contributed by atoms with Crippen LogP contribution in [0, 0.1) is 0 Å². The number of carbonyl (C=O) groups excluding carboxylic acids is 1. The fourth-order valence-corrected chi connectivity index (χ4v) is 1.83. The molecule has 1 amide bonds. The van der Waals surface area contributed by atoms with Crippen molar-refractivity contribution in [3.05, 3.63) is 30.1 Å². The van der Waals surface area contributed by atoms with E-state index in [1.807, 2.05) is 19.1 Å². The number of ether oxygens (including phenoxy) is 1. The smallest absolute Gasteiger partial charge is 0.249 e. The van der Waals surface area contributed by atoms with Gasteiger partial charge in [0.2, 0.25) is 5.91 Å². The van der Waals surface area contributed by atoms with Gasteiger partial charge < -0.3 is 10.1 Å². The molecule has 0 aliphatic carbocycles. The summed E-state index contributed by atoms with van der Waals surface area (Å²) in [4.78, 5) is 15.7. The van der Waals surface area contributed by atoms with Crippen molar-refractivity contribution < 1.29 is 9.53 Å². The average Bonchev–Trinajstić information content (AvgIpc) is 2.83. The second-order valence-corrected chi connectivity index (χ2v) is 4.01. The predicted molar refractivity (Wildman–Crippen MR) is 59.8 cm³/mol. The van der Waals surface area contributed by atoms with Crippen LogP contribution in [0.25, 0.3) is 0 Å². The fraction of sp³-hybridized carbons (Fsp3) is 0.500. The molecule has 2 rings (SSSR count). The first kappa shape index (κ1) is 11.1. The lowest BCUT2D eigenvalue weighted by molar-refractivity contribution is -0.130. The van der Waals surface area contributed by atoms with Crippen LogP contribution >= 0.6 is 0 Å². The Morgan fingerprint density at radius 2 is 2.31 bits per heavy atom. The maximum Gasteiger partial charge on any atom is 0.249 e. The standard InChI is InChI=1S/C12H16N2O2/c1-9(10-4-6-13-7-5-10)14-12(15)11-3-2-8-16-11/h4-7,9,11H,2-3,8H2,1H3,(H,14,15)/t9-,11+/m1/s1. The van der Waals surface area contributed by atoms with Crippen molar-refractivity contribution >= 4 is 5.91 Å². The zero-order valence-corrected chi connectivity index (χ0v) is 9.35. The number of nitrogens with zero attached hydrogens (tertiary/aromatic N) is 1. The van der Waals surface area contributed by atoms with E-state index in [-0.39, 0.29) is 18.1 Å². The van der Waals surface area contributed by atoms with Gasteiger partial charge in [-0.25, -0.2) is 0 Å². The van der Waals surface area contributed by atoms with E-state index in [4.69, 9.17) is 4.74 Å². The number of hydrogen-bond acceptors (Lipinski definition) is 3. The molecule has 1 aliphatic heterocycles. The second-order valence-electron chi connectivity index (χ2n) is 4.01. The molecule has 1 aliphatic rings. The second kappa shape index (κ2) is 5.07. The van der Waals surface area contributed by atoms with Crippen molar-refractivity contribution in [1.29, 1.82) is 0 Å². The van der Waals surface area contributed by atoms with Gasteiger partial charge in [-0.3, -0.25) is 9.78 Å². The quantitative estimate of drug-likeness (QED) is 0.838. The summed E-state index contributed by atoms with van der Waals surface area (Å²) in [6, 6.07) is 3.81. The van der Waals surface area contributed by atoms with Gasteiger partial charge in [0.1, 0.15) is 6.10 Å². The van der Waals surface area contributed by atoms with Crippen LogP contribution in [-0.4, -0.2) is 23.6 Å². The van der Waals surface area contributed by atoms with Crippen LogP contribution in [0.1, 0.15) is 31.4 Å². The summed E-state index contributed by atoms with van der Waals surface area (Å²) in [7, 11) is 0. The molecule has 0 unspecified atom stereocenters. The van der Waals surface area contributed by atoms with Crippen molar-refractivity contribution in [3.8, 4) is 0 Å². The summed E-state index contributed by atoms with van der Waals surface area (Å²) >= 11 is 0. The zero-order chi connectivity index (χ0) is 11.4. The molecule has 0 radical (unpaired) electrons. The highest BCUT2D eigenvalue weighted by Crippen LogP contribution is 2.15. The molecule has 86 valence electrons. The average molecular weight is 220 g/mol.